The van der Waals surface area contributed by atoms with Crippen LogP contribution in [0, 0.1) is 0 Å². The molecule has 2 aromatic rings. The van der Waals surface area contributed by atoms with Gasteiger partial charge in [-0.2, -0.15) is 0 Å². The predicted octanol–water partition coefficient (Wildman–Crippen LogP) is 2.18. The number of aromatic nitrogens is 1. The highest BCUT2D eigenvalue weighted by atomic mass is 32.1. The third-order valence-electron chi connectivity index (χ3n) is 2.85. The molecule has 110 valence electrons. The van der Waals surface area contributed by atoms with Gasteiger partial charge in [0.25, 0.3) is 0 Å². The third kappa shape index (κ3) is 4.28. The molecule has 0 saturated carbocycles. The first-order chi connectivity index (χ1) is 10.1. The molecule has 0 unspecified atom stereocenters. The molecule has 0 fully saturated rings. The molecule has 2 rings (SSSR count). The number of urea groups is 1. The second-order valence-electron chi connectivity index (χ2n) is 4.50. The first-order valence-electron chi connectivity index (χ1n) is 6.24. The molecule has 0 atom stereocenters. The van der Waals surface area contributed by atoms with Crippen molar-refractivity contribution < 1.29 is 14.7 Å². The Morgan fingerprint density at radius 2 is 2.24 bits per heavy atom. The molecule has 1 aromatic heterocycles. The fourth-order valence-corrected chi connectivity index (χ4v) is 2.31. The summed E-state index contributed by atoms with van der Waals surface area (Å²) in [5.41, 5.74) is 3.51. The van der Waals surface area contributed by atoms with Crippen LogP contribution in [0.25, 0.3) is 0 Å². The van der Waals surface area contributed by atoms with E-state index in [9.17, 15) is 9.59 Å². The summed E-state index contributed by atoms with van der Waals surface area (Å²) in [6, 6.07) is 6.26. The van der Waals surface area contributed by atoms with E-state index in [0.29, 0.717) is 6.54 Å². The highest BCUT2D eigenvalue weighted by Crippen LogP contribution is 2.06. The molecule has 0 spiro atoms. The molecule has 0 aliphatic carbocycles. The zero-order valence-corrected chi connectivity index (χ0v) is 12.3. The molecule has 1 heterocycles. The number of rotatable bonds is 5. The number of hydrogen-bond donors (Lipinski definition) is 2. The predicted molar refractivity (Wildman–Crippen MR) is 79.2 cm³/mol. The zero-order valence-electron chi connectivity index (χ0n) is 11.4. The van der Waals surface area contributed by atoms with Crippen LogP contribution in [0.4, 0.5) is 4.79 Å². The Morgan fingerprint density at radius 1 is 1.43 bits per heavy atom. The van der Waals surface area contributed by atoms with Crippen molar-refractivity contribution in [3.05, 3.63) is 52.0 Å². The second kappa shape index (κ2) is 6.85. The maximum Gasteiger partial charge on any atom is 0.335 e. The molecule has 0 bridgehead atoms. The van der Waals surface area contributed by atoms with Gasteiger partial charge in [0, 0.05) is 19.0 Å². The van der Waals surface area contributed by atoms with Crippen molar-refractivity contribution >= 4 is 23.3 Å². The highest BCUT2D eigenvalue weighted by molar-refractivity contribution is 7.07. The summed E-state index contributed by atoms with van der Waals surface area (Å²) in [5.74, 6) is -0.983. The number of carboxylic acids is 1. The summed E-state index contributed by atoms with van der Waals surface area (Å²) in [4.78, 5) is 28.5. The molecule has 0 radical (unpaired) electrons. The summed E-state index contributed by atoms with van der Waals surface area (Å²) < 4.78 is 0. The largest absolute Gasteiger partial charge is 0.478 e. The van der Waals surface area contributed by atoms with E-state index < -0.39 is 5.97 Å². The van der Waals surface area contributed by atoms with Crippen LogP contribution in [0.1, 0.15) is 21.6 Å². The Labute approximate surface area is 126 Å². The van der Waals surface area contributed by atoms with E-state index in [0.717, 1.165) is 11.3 Å². The average Bonchev–Trinajstić information content (AvgIpc) is 2.97. The number of nitrogens with one attached hydrogen (secondary N) is 1. The minimum absolute atomic E-state index is 0.206. The minimum Gasteiger partial charge on any atom is -0.478 e. The van der Waals surface area contributed by atoms with Gasteiger partial charge in [0.15, 0.2) is 0 Å². The number of carboxylic acid groups (broad SMARTS) is 1. The van der Waals surface area contributed by atoms with Crippen molar-refractivity contribution in [2.45, 2.75) is 13.1 Å². The fraction of sp³-hybridized carbons (Fsp3) is 0.214. The summed E-state index contributed by atoms with van der Waals surface area (Å²) in [7, 11) is 1.68. The molecular formula is C14H15N3O3S. The van der Waals surface area contributed by atoms with Crippen LogP contribution in [0.2, 0.25) is 0 Å². The van der Waals surface area contributed by atoms with Crippen molar-refractivity contribution in [1.82, 2.24) is 15.2 Å². The van der Waals surface area contributed by atoms with Crippen LogP contribution in [-0.4, -0.2) is 34.0 Å². The van der Waals surface area contributed by atoms with Crippen molar-refractivity contribution in [2.75, 3.05) is 7.05 Å². The van der Waals surface area contributed by atoms with Crippen LogP contribution in [0.5, 0.6) is 0 Å². The number of carbonyl (C=O) groups is 2. The normalized spacial score (nSPS) is 10.1. The van der Waals surface area contributed by atoms with Gasteiger partial charge in [0.2, 0.25) is 0 Å². The number of benzene rings is 1. The molecule has 2 N–H and O–H groups in total. The zero-order chi connectivity index (χ0) is 15.2. The van der Waals surface area contributed by atoms with Crippen molar-refractivity contribution in [3.63, 3.8) is 0 Å². The standard InChI is InChI=1S/C14H15N3O3S/c1-17(7-12-8-21-9-16-12)14(20)15-6-10-3-2-4-11(5-10)13(18)19/h2-5,8-9H,6-7H2,1H3,(H,15,20)(H,18,19). The number of thiazole rings is 1. The van der Waals surface area contributed by atoms with Crippen LogP contribution in [-0.2, 0) is 13.1 Å². The number of aromatic carboxylic acids is 1. The van der Waals surface area contributed by atoms with Crippen LogP contribution in [0.15, 0.2) is 35.2 Å². The van der Waals surface area contributed by atoms with E-state index in [4.69, 9.17) is 5.11 Å². The van der Waals surface area contributed by atoms with Crippen LogP contribution in [0.3, 0.4) is 0 Å². The van der Waals surface area contributed by atoms with E-state index in [1.54, 1.807) is 30.8 Å². The minimum atomic E-state index is -0.983. The average molecular weight is 305 g/mol. The molecule has 2 amide bonds. The molecule has 21 heavy (non-hydrogen) atoms. The summed E-state index contributed by atoms with van der Waals surface area (Å²) in [5, 5.41) is 13.6. The topological polar surface area (TPSA) is 82.5 Å². The van der Waals surface area contributed by atoms with Crippen molar-refractivity contribution in [3.8, 4) is 0 Å². The lowest BCUT2D eigenvalue weighted by Gasteiger charge is -2.16. The maximum atomic E-state index is 11.9. The fourth-order valence-electron chi connectivity index (χ4n) is 1.76. The van der Waals surface area contributed by atoms with Gasteiger partial charge < -0.3 is 15.3 Å². The Kier molecular flexibility index (Phi) is 4.89. The SMILES string of the molecule is CN(Cc1cscn1)C(=O)NCc1cccc(C(=O)O)c1. The maximum absolute atomic E-state index is 11.9. The van der Waals surface area contributed by atoms with E-state index in [1.165, 1.54) is 22.3 Å². The quantitative estimate of drug-likeness (QED) is 0.887. The van der Waals surface area contributed by atoms with Gasteiger partial charge >= 0.3 is 12.0 Å². The van der Waals surface area contributed by atoms with Gasteiger partial charge in [-0.05, 0) is 17.7 Å². The van der Waals surface area contributed by atoms with Crippen molar-refractivity contribution in [1.29, 1.82) is 0 Å². The van der Waals surface area contributed by atoms with E-state index in [1.807, 2.05) is 5.38 Å². The lowest BCUT2D eigenvalue weighted by atomic mass is 10.1. The van der Waals surface area contributed by atoms with Crippen LogP contribution >= 0.6 is 11.3 Å². The lowest BCUT2D eigenvalue weighted by Crippen LogP contribution is -2.36. The van der Waals surface area contributed by atoms with Gasteiger partial charge in [-0.25, -0.2) is 14.6 Å². The third-order valence-corrected chi connectivity index (χ3v) is 3.48. The number of nitrogens with zero attached hydrogens (tertiary/aromatic N) is 2. The van der Waals surface area contributed by atoms with E-state index in [2.05, 4.69) is 10.3 Å². The van der Waals surface area contributed by atoms with Gasteiger partial charge in [-0.3, -0.25) is 0 Å². The molecule has 1 aromatic carbocycles. The number of amides is 2. The first kappa shape index (κ1) is 15.0. The molecule has 0 aliphatic heterocycles. The van der Waals surface area contributed by atoms with E-state index >= 15 is 0 Å². The van der Waals surface area contributed by atoms with E-state index in [-0.39, 0.29) is 18.1 Å². The van der Waals surface area contributed by atoms with Gasteiger partial charge in [0.1, 0.15) is 0 Å². The Balaban J connectivity index is 1.88. The van der Waals surface area contributed by atoms with Crippen molar-refractivity contribution in [2.24, 2.45) is 0 Å². The Hall–Kier alpha value is -2.41. The Morgan fingerprint density at radius 3 is 2.90 bits per heavy atom. The van der Waals surface area contributed by atoms with Gasteiger partial charge in [-0.1, -0.05) is 12.1 Å². The number of carbonyl (C=O) groups excluding carboxylic acids is 1. The van der Waals surface area contributed by atoms with Gasteiger partial charge in [0.05, 0.1) is 23.3 Å². The summed E-state index contributed by atoms with van der Waals surface area (Å²) in [6.07, 6.45) is 0. The Bertz CT molecular complexity index is 628. The number of hydrogen-bond acceptors (Lipinski definition) is 4. The molecule has 0 aliphatic rings. The summed E-state index contributed by atoms with van der Waals surface area (Å²) >= 11 is 1.48. The smallest absolute Gasteiger partial charge is 0.335 e. The molecule has 0 saturated heterocycles. The second-order valence-corrected chi connectivity index (χ2v) is 5.22. The highest BCUT2D eigenvalue weighted by Gasteiger charge is 2.10. The first-order valence-corrected chi connectivity index (χ1v) is 7.19. The van der Waals surface area contributed by atoms with Gasteiger partial charge in [-0.15, -0.1) is 11.3 Å². The monoisotopic (exact) mass is 305 g/mol. The molecule has 7 heteroatoms. The summed E-state index contributed by atoms with van der Waals surface area (Å²) in [6.45, 7) is 0.714. The molecular weight excluding hydrogens is 290 g/mol. The molecule has 6 nitrogen and oxygen atoms in total. The van der Waals surface area contributed by atoms with Crippen LogP contribution < -0.4 is 5.32 Å². The lowest BCUT2D eigenvalue weighted by molar-refractivity contribution is 0.0696.